The summed E-state index contributed by atoms with van der Waals surface area (Å²) in [7, 11) is 3.04. The van der Waals surface area contributed by atoms with Crippen molar-refractivity contribution < 1.29 is 23.7 Å². The van der Waals surface area contributed by atoms with Crippen LogP contribution in [0.1, 0.15) is 12.5 Å². The zero-order chi connectivity index (χ0) is 18.2. The molecule has 1 saturated heterocycles. The van der Waals surface area contributed by atoms with Gasteiger partial charge < -0.3 is 18.9 Å². The number of thioether (sulfide) groups is 1. The van der Waals surface area contributed by atoms with Crippen LogP contribution >= 0.6 is 24.0 Å². The van der Waals surface area contributed by atoms with E-state index < -0.39 is 6.48 Å². The van der Waals surface area contributed by atoms with Crippen molar-refractivity contribution in [3.63, 3.8) is 0 Å². The second-order valence-corrected chi connectivity index (χ2v) is 6.67. The van der Waals surface area contributed by atoms with Crippen molar-refractivity contribution in [2.75, 3.05) is 33.1 Å². The predicted molar refractivity (Wildman–Crippen MR) is 102 cm³/mol. The maximum atomic E-state index is 12.2. The van der Waals surface area contributed by atoms with Crippen molar-refractivity contribution in [1.82, 2.24) is 4.90 Å². The Kier molecular flexibility index (Phi) is 7.70. The number of benzene rings is 1. The highest BCUT2D eigenvalue weighted by atomic mass is 32.2. The van der Waals surface area contributed by atoms with E-state index in [-0.39, 0.29) is 5.91 Å². The van der Waals surface area contributed by atoms with E-state index >= 15 is 0 Å². The molecule has 0 N–H and O–H groups in total. The Morgan fingerprint density at radius 2 is 2.20 bits per heavy atom. The summed E-state index contributed by atoms with van der Waals surface area (Å²) in [6.07, 6.45) is 3.22. The van der Waals surface area contributed by atoms with E-state index in [2.05, 4.69) is 0 Å². The molecule has 1 aromatic rings. The Morgan fingerprint density at radius 1 is 1.40 bits per heavy atom. The lowest BCUT2D eigenvalue weighted by molar-refractivity contribution is -0.231. The van der Waals surface area contributed by atoms with E-state index in [1.54, 1.807) is 30.2 Å². The zero-order valence-electron chi connectivity index (χ0n) is 14.4. The molecule has 1 aromatic carbocycles. The van der Waals surface area contributed by atoms with Gasteiger partial charge in [0.1, 0.15) is 4.32 Å². The molecule has 1 fully saturated rings. The lowest BCUT2D eigenvalue weighted by atomic mass is 10.2. The van der Waals surface area contributed by atoms with Crippen LogP contribution in [0.3, 0.4) is 0 Å². The smallest absolute Gasteiger partial charge is 0.315 e. The van der Waals surface area contributed by atoms with E-state index in [0.717, 1.165) is 11.3 Å². The van der Waals surface area contributed by atoms with Gasteiger partial charge in [0.2, 0.25) is 0 Å². The number of ether oxygens (including phenoxy) is 4. The topological polar surface area (TPSA) is 57.2 Å². The van der Waals surface area contributed by atoms with Gasteiger partial charge in [-0.2, -0.15) is 0 Å². The van der Waals surface area contributed by atoms with E-state index in [1.807, 2.05) is 13.0 Å². The molecule has 136 valence electrons. The summed E-state index contributed by atoms with van der Waals surface area (Å²) in [5.74, 6) is 1.73. The molecule has 1 heterocycles. The quantitative estimate of drug-likeness (QED) is 0.389. The summed E-state index contributed by atoms with van der Waals surface area (Å²) in [6, 6.07) is 5.33. The van der Waals surface area contributed by atoms with Gasteiger partial charge in [0, 0.05) is 25.5 Å². The van der Waals surface area contributed by atoms with Crippen LogP contribution in [-0.2, 0) is 14.3 Å². The first-order valence-corrected chi connectivity index (χ1v) is 9.13. The van der Waals surface area contributed by atoms with Crippen molar-refractivity contribution >= 4 is 40.3 Å². The minimum Gasteiger partial charge on any atom is -0.493 e. The van der Waals surface area contributed by atoms with Gasteiger partial charge >= 0.3 is 6.48 Å². The van der Waals surface area contributed by atoms with Crippen LogP contribution in [0.2, 0.25) is 0 Å². The van der Waals surface area contributed by atoms with Crippen LogP contribution in [0.4, 0.5) is 0 Å². The molecule has 25 heavy (non-hydrogen) atoms. The van der Waals surface area contributed by atoms with E-state index in [0.29, 0.717) is 29.0 Å². The summed E-state index contributed by atoms with van der Waals surface area (Å²) >= 11 is 6.67. The Morgan fingerprint density at radius 3 is 2.80 bits per heavy atom. The Hall–Kier alpha value is -1.61. The Labute approximate surface area is 157 Å². The molecule has 0 radical (unpaired) electrons. The zero-order valence-corrected chi connectivity index (χ0v) is 16.0. The van der Waals surface area contributed by atoms with Crippen molar-refractivity contribution in [3.8, 4) is 11.5 Å². The molecule has 1 aliphatic rings. The average Bonchev–Trinajstić information content (AvgIpc) is 3.06. The van der Waals surface area contributed by atoms with Gasteiger partial charge in [0.25, 0.3) is 5.91 Å². The number of rotatable bonds is 8. The summed E-state index contributed by atoms with van der Waals surface area (Å²) < 4.78 is 22.0. The predicted octanol–water partition coefficient (Wildman–Crippen LogP) is 2.91. The number of nitrogens with zero attached hydrogens (tertiary/aromatic N) is 1. The van der Waals surface area contributed by atoms with Crippen molar-refractivity contribution in [2.24, 2.45) is 0 Å². The first-order chi connectivity index (χ1) is 12.1. The van der Waals surface area contributed by atoms with Gasteiger partial charge in [-0.1, -0.05) is 30.0 Å². The van der Waals surface area contributed by atoms with Crippen LogP contribution in [-0.4, -0.2) is 54.7 Å². The molecular formula is C17H21NO5S2. The van der Waals surface area contributed by atoms with Gasteiger partial charge in [-0.3, -0.25) is 9.69 Å². The fraction of sp³-hybridized carbons (Fsp3) is 0.412. The third kappa shape index (κ3) is 5.43. The van der Waals surface area contributed by atoms with Crippen molar-refractivity contribution in [1.29, 1.82) is 0 Å². The summed E-state index contributed by atoms with van der Waals surface area (Å²) in [4.78, 5) is 13.7. The van der Waals surface area contributed by atoms with Crippen LogP contribution in [0.25, 0.3) is 6.08 Å². The van der Waals surface area contributed by atoms with Crippen molar-refractivity contribution in [2.45, 2.75) is 13.4 Å². The van der Waals surface area contributed by atoms with E-state index in [1.165, 1.54) is 24.9 Å². The monoisotopic (exact) mass is 383 g/mol. The summed E-state index contributed by atoms with van der Waals surface area (Å²) in [6.45, 7) is 2.15. The second-order valence-electron chi connectivity index (χ2n) is 4.95. The first-order valence-electron chi connectivity index (χ1n) is 7.74. The number of amides is 1. The SMILES string of the molecule is CCO[C@H](OC)Oc1ccc(/C=C/C(=O)N2CCSC2=S)cc1OC. The number of hydrogen-bond acceptors (Lipinski definition) is 7. The van der Waals surface area contributed by atoms with E-state index in [9.17, 15) is 4.79 Å². The molecule has 8 heteroatoms. The number of carbonyl (C=O) groups excluding carboxylic acids is 1. The van der Waals surface area contributed by atoms with Crippen LogP contribution in [0, 0.1) is 0 Å². The van der Waals surface area contributed by atoms with Gasteiger partial charge in [-0.25, -0.2) is 0 Å². The first kappa shape index (κ1) is 19.7. The standard InChI is InChI=1S/C17H21NO5S2/c1-4-22-17(21-3)23-13-7-5-12(11-14(13)20-2)6-8-15(19)18-9-10-25-16(18)24/h5-8,11,17H,4,9-10H2,1-3H3/b8-6+/t17-/m0/s1. The largest absolute Gasteiger partial charge is 0.493 e. The number of methoxy groups -OCH3 is 2. The minimum absolute atomic E-state index is 0.120. The molecule has 6 nitrogen and oxygen atoms in total. The number of carbonyl (C=O) groups is 1. The second kappa shape index (κ2) is 9.76. The lowest BCUT2D eigenvalue weighted by Gasteiger charge is -2.18. The molecule has 1 atom stereocenters. The fourth-order valence-electron chi connectivity index (χ4n) is 2.13. The molecule has 0 spiro atoms. The molecular weight excluding hydrogens is 362 g/mol. The minimum atomic E-state index is -0.810. The molecule has 0 aliphatic carbocycles. The van der Waals surface area contributed by atoms with Gasteiger partial charge in [-0.15, -0.1) is 0 Å². The molecule has 0 aromatic heterocycles. The Balaban J connectivity index is 2.08. The third-order valence-corrected chi connectivity index (χ3v) is 4.78. The van der Waals surface area contributed by atoms with Crippen LogP contribution < -0.4 is 9.47 Å². The normalized spacial score (nSPS) is 15.6. The van der Waals surface area contributed by atoms with Crippen LogP contribution in [0.15, 0.2) is 24.3 Å². The van der Waals surface area contributed by atoms with E-state index in [4.69, 9.17) is 31.2 Å². The molecule has 1 aliphatic heterocycles. The molecule has 0 bridgehead atoms. The highest BCUT2D eigenvalue weighted by Crippen LogP contribution is 2.30. The lowest BCUT2D eigenvalue weighted by Crippen LogP contribution is -2.28. The number of hydrogen-bond donors (Lipinski definition) is 0. The molecule has 2 rings (SSSR count). The highest BCUT2D eigenvalue weighted by molar-refractivity contribution is 8.23. The molecule has 0 saturated carbocycles. The third-order valence-electron chi connectivity index (χ3n) is 3.35. The highest BCUT2D eigenvalue weighted by Gasteiger charge is 2.22. The maximum Gasteiger partial charge on any atom is 0.315 e. The number of thiocarbonyl (C=S) groups is 1. The fourth-order valence-corrected chi connectivity index (χ4v) is 3.34. The van der Waals surface area contributed by atoms with Gasteiger partial charge in [0.15, 0.2) is 11.5 Å². The summed E-state index contributed by atoms with van der Waals surface area (Å²) in [5, 5.41) is 0. The molecule has 0 unspecified atom stereocenters. The average molecular weight is 383 g/mol. The van der Waals surface area contributed by atoms with Gasteiger partial charge in [0.05, 0.1) is 13.7 Å². The van der Waals surface area contributed by atoms with Crippen LogP contribution in [0.5, 0.6) is 11.5 Å². The Bertz CT molecular complexity index is 650. The van der Waals surface area contributed by atoms with Crippen molar-refractivity contribution in [3.05, 3.63) is 29.8 Å². The molecule has 1 amide bonds. The summed E-state index contributed by atoms with van der Waals surface area (Å²) in [5.41, 5.74) is 0.806. The maximum absolute atomic E-state index is 12.2. The van der Waals surface area contributed by atoms with Gasteiger partial charge in [-0.05, 0) is 30.7 Å².